The summed E-state index contributed by atoms with van der Waals surface area (Å²) in [4.78, 5) is 0. The summed E-state index contributed by atoms with van der Waals surface area (Å²) >= 11 is 0. The minimum Gasteiger partial charge on any atom is -0.313 e. The molecule has 1 saturated carbocycles. The van der Waals surface area contributed by atoms with Gasteiger partial charge in [0, 0.05) is 6.54 Å². The molecule has 2 aliphatic rings. The smallest absolute Gasteiger partial charge is 0.149 e. The topological polar surface area (TPSA) is 12.0 Å². The Morgan fingerprint density at radius 3 is 2.69 bits per heavy atom. The van der Waals surface area contributed by atoms with Crippen molar-refractivity contribution in [3.63, 3.8) is 0 Å². The Balaban J connectivity index is 1.98. The van der Waals surface area contributed by atoms with E-state index in [9.17, 15) is 4.39 Å². The molecule has 0 bridgehead atoms. The average molecular weight is 219 g/mol. The maximum atomic E-state index is 14.8. The summed E-state index contributed by atoms with van der Waals surface area (Å²) in [5.74, 6) is 0.615. The molecule has 1 aliphatic heterocycles. The van der Waals surface area contributed by atoms with Gasteiger partial charge in [0.25, 0.3) is 0 Å². The molecular formula is C14H18FN. The zero-order valence-corrected chi connectivity index (χ0v) is 9.51. The summed E-state index contributed by atoms with van der Waals surface area (Å²) in [6.45, 7) is 1.28. The molecule has 1 aromatic rings. The second-order valence-electron chi connectivity index (χ2n) is 5.11. The third-order valence-electron chi connectivity index (χ3n) is 4.09. The van der Waals surface area contributed by atoms with Crippen LogP contribution in [0.25, 0.3) is 0 Å². The second kappa shape index (κ2) is 3.85. The average Bonchev–Trinajstić information content (AvgIpc) is 2.65. The van der Waals surface area contributed by atoms with Crippen LogP contribution in [0.1, 0.15) is 42.7 Å². The molecule has 1 nitrogen and oxygen atoms in total. The highest BCUT2D eigenvalue weighted by atomic mass is 19.1. The van der Waals surface area contributed by atoms with E-state index in [-0.39, 0.29) is 0 Å². The molecule has 16 heavy (non-hydrogen) atoms. The molecule has 3 rings (SSSR count). The van der Waals surface area contributed by atoms with Crippen molar-refractivity contribution in [3.8, 4) is 0 Å². The van der Waals surface area contributed by atoms with E-state index in [1.165, 1.54) is 24.8 Å². The summed E-state index contributed by atoms with van der Waals surface area (Å²) < 4.78 is 14.8. The van der Waals surface area contributed by atoms with Gasteiger partial charge in [-0.05, 0) is 42.9 Å². The van der Waals surface area contributed by atoms with E-state index in [0.29, 0.717) is 18.9 Å². The lowest BCUT2D eigenvalue weighted by atomic mass is 9.75. The molecule has 0 aromatic heterocycles. The van der Waals surface area contributed by atoms with Gasteiger partial charge < -0.3 is 5.32 Å². The SMILES string of the molecule is FC1(c2ccccc2C2CCC2)CCNC1. The molecule has 0 amide bonds. The van der Waals surface area contributed by atoms with Crippen LogP contribution in [0.5, 0.6) is 0 Å². The van der Waals surface area contributed by atoms with Gasteiger partial charge in [-0.15, -0.1) is 0 Å². The largest absolute Gasteiger partial charge is 0.313 e. The van der Waals surface area contributed by atoms with E-state index < -0.39 is 5.67 Å². The molecule has 1 heterocycles. The van der Waals surface area contributed by atoms with Crippen LogP contribution in [0.3, 0.4) is 0 Å². The maximum absolute atomic E-state index is 14.8. The van der Waals surface area contributed by atoms with Gasteiger partial charge in [-0.1, -0.05) is 30.7 Å². The zero-order chi connectivity index (χ0) is 11.0. The van der Waals surface area contributed by atoms with Gasteiger partial charge in [-0.25, -0.2) is 4.39 Å². The molecule has 2 fully saturated rings. The number of alkyl halides is 1. The normalized spacial score (nSPS) is 30.3. The van der Waals surface area contributed by atoms with Crippen LogP contribution in [-0.2, 0) is 5.67 Å². The third-order valence-corrected chi connectivity index (χ3v) is 4.09. The van der Waals surface area contributed by atoms with Crippen LogP contribution in [-0.4, -0.2) is 13.1 Å². The van der Waals surface area contributed by atoms with E-state index in [4.69, 9.17) is 0 Å². The molecule has 1 aromatic carbocycles. The van der Waals surface area contributed by atoms with Crippen molar-refractivity contribution in [2.45, 2.75) is 37.3 Å². The number of rotatable bonds is 2. The van der Waals surface area contributed by atoms with E-state index >= 15 is 0 Å². The molecule has 0 radical (unpaired) electrons. The summed E-state index contributed by atoms with van der Waals surface area (Å²) in [6.07, 6.45) is 4.40. The minimum absolute atomic E-state index is 0.483. The molecule has 1 atom stereocenters. The lowest BCUT2D eigenvalue weighted by Gasteiger charge is -2.31. The molecule has 1 saturated heterocycles. The molecule has 2 heteroatoms. The van der Waals surface area contributed by atoms with E-state index in [0.717, 1.165) is 12.1 Å². The number of hydrogen-bond donors (Lipinski definition) is 1. The minimum atomic E-state index is -1.12. The van der Waals surface area contributed by atoms with E-state index in [2.05, 4.69) is 11.4 Å². The Hall–Kier alpha value is -0.890. The predicted octanol–water partition coefficient (Wildman–Crippen LogP) is 3.11. The fraction of sp³-hybridized carbons (Fsp3) is 0.571. The highest BCUT2D eigenvalue weighted by Gasteiger charge is 2.38. The Labute approximate surface area is 96.1 Å². The van der Waals surface area contributed by atoms with Crippen molar-refractivity contribution in [2.75, 3.05) is 13.1 Å². The summed E-state index contributed by atoms with van der Waals surface area (Å²) in [5.41, 5.74) is 1.09. The van der Waals surface area contributed by atoms with E-state index in [1.807, 2.05) is 18.2 Å². The van der Waals surface area contributed by atoms with Crippen molar-refractivity contribution in [2.24, 2.45) is 0 Å². The molecule has 1 N–H and O–H groups in total. The van der Waals surface area contributed by atoms with Gasteiger partial charge in [0.2, 0.25) is 0 Å². The van der Waals surface area contributed by atoms with Gasteiger partial charge in [0.05, 0.1) is 0 Å². The van der Waals surface area contributed by atoms with Crippen molar-refractivity contribution in [3.05, 3.63) is 35.4 Å². The van der Waals surface area contributed by atoms with Crippen LogP contribution in [0.15, 0.2) is 24.3 Å². The summed E-state index contributed by atoms with van der Waals surface area (Å²) in [5, 5.41) is 3.14. The standard InChI is InChI=1S/C14H18FN/c15-14(8-9-16-10-14)13-7-2-1-6-12(13)11-4-3-5-11/h1-2,6-7,11,16H,3-5,8-10H2. The Morgan fingerprint density at radius 2 is 2.06 bits per heavy atom. The van der Waals surface area contributed by atoms with Crippen LogP contribution in [0.4, 0.5) is 4.39 Å². The van der Waals surface area contributed by atoms with Gasteiger partial charge >= 0.3 is 0 Å². The first-order valence-corrected chi connectivity index (χ1v) is 6.29. The van der Waals surface area contributed by atoms with Crippen molar-refractivity contribution < 1.29 is 4.39 Å². The third kappa shape index (κ3) is 1.56. The predicted molar refractivity (Wildman–Crippen MR) is 63.3 cm³/mol. The lowest BCUT2D eigenvalue weighted by Crippen LogP contribution is -2.26. The van der Waals surface area contributed by atoms with Gasteiger partial charge in [0.15, 0.2) is 0 Å². The molecule has 86 valence electrons. The Bertz CT molecular complexity index is 378. The number of hydrogen-bond acceptors (Lipinski definition) is 1. The summed E-state index contributed by atoms with van der Waals surface area (Å²) in [7, 11) is 0. The Morgan fingerprint density at radius 1 is 1.25 bits per heavy atom. The van der Waals surface area contributed by atoms with Crippen LogP contribution in [0.2, 0.25) is 0 Å². The highest BCUT2D eigenvalue weighted by molar-refractivity contribution is 5.37. The quantitative estimate of drug-likeness (QED) is 0.806. The molecule has 1 aliphatic carbocycles. The molecule has 1 unspecified atom stereocenters. The van der Waals surface area contributed by atoms with Crippen LogP contribution in [0, 0.1) is 0 Å². The van der Waals surface area contributed by atoms with Gasteiger partial charge in [-0.3, -0.25) is 0 Å². The van der Waals surface area contributed by atoms with E-state index in [1.54, 1.807) is 0 Å². The summed E-state index contributed by atoms with van der Waals surface area (Å²) in [6, 6.07) is 8.12. The number of benzene rings is 1. The monoisotopic (exact) mass is 219 g/mol. The first-order chi connectivity index (χ1) is 7.80. The first-order valence-electron chi connectivity index (χ1n) is 6.29. The fourth-order valence-corrected chi connectivity index (χ4v) is 2.87. The second-order valence-corrected chi connectivity index (χ2v) is 5.11. The van der Waals surface area contributed by atoms with Gasteiger partial charge in [-0.2, -0.15) is 0 Å². The fourth-order valence-electron chi connectivity index (χ4n) is 2.87. The zero-order valence-electron chi connectivity index (χ0n) is 9.51. The molecular weight excluding hydrogens is 201 g/mol. The van der Waals surface area contributed by atoms with Gasteiger partial charge in [0.1, 0.15) is 5.67 Å². The van der Waals surface area contributed by atoms with Crippen molar-refractivity contribution in [1.29, 1.82) is 0 Å². The molecule has 0 spiro atoms. The van der Waals surface area contributed by atoms with Crippen molar-refractivity contribution in [1.82, 2.24) is 5.32 Å². The lowest BCUT2D eigenvalue weighted by molar-refractivity contribution is 0.189. The number of nitrogens with one attached hydrogen (secondary N) is 1. The van der Waals surface area contributed by atoms with Crippen LogP contribution >= 0.6 is 0 Å². The number of halogens is 1. The highest BCUT2D eigenvalue weighted by Crippen LogP contribution is 2.43. The maximum Gasteiger partial charge on any atom is 0.149 e. The van der Waals surface area contributed by atoms with Crippen molar-refractivity contribution >= 4 is 0 Å². The Kier molecular flexibility index (Phi) is 2.47. The van der Waals surface area contributed by atoms with Crippen LogP contribution < -0.4 is 5.32 Å². The first kappa shape index (κ1) is 10.3.